The molecule has 0 radical (unpaired) electrons. The van der Waals surface area contributed by atoms with Crippen LogP contribution < -0.4 is 5.32 Å². The minimum Gasteiger partial charge on any atom is -0.381 e. The number of aromatic nitrogens is 1. The number of piperidine rings is 1. The molecule has 0 saturated carbocycles. The van der Waals surface area contributed by atoms with Gasteiger partial charge in [-0.05, 0) is 49.8 Å². The van der Waals surface area contributed by atoms with Crippen molar-refractivity contribution in [2.24, 2.45) is 0 Å². The van der Waals surface area contributed by atoms with Gasteiger partial charge in [0.25, 0.3) is 0 Å². The van der Waals surface area contributed by atoms with E-state index in [1.165, 1.54) is 11.1 Å². The molecule has 3 rings (SSSR count). The molecule has 2 saturated heterocycles. The summed E-state index contributed by atoms with van der Waals surface area (Å²) in [4.78, 5) is 4.17. The molecule has 1 N–H and O–H groups in total. The summed E-state index contributed by atoms with van der Waals surface area (Å²) >= 11 is 0. The average Bonchev–Trinajstić information content (AvgIpc) is 2.62. The SMILES string of the molecule is Cc1ccncc1CNC1CCN(S(=O)(=O)C2CCOCC2)CC1. The summed E-state index contributed by atoms with van der Waals surface area (Å²) in [6.07, 6.45) is 6.68. The fourth-order valence-electron chi connectivity index (χ4n) is 3.44. The molecule has 3 heterocycles. The van der Waals surface area contributed by atoms with Gasteiger partial charge in [-0.15, -0.1) is 0 Å². The van der Waals surface area contributed by atoms with Crippen molar-refractivity contribution in [3.05, 3.63) is 29.6 Å². The molecule has 1 aromatic heterocycles. The number of sulfonamides is 1. The molecule has 6 nitrogen and oxygen atoms in total. The Morgan fingerprint density at radius 1 is 1.25 bits per heavy atom. The third-order valence-corrected chi connectivity index (χ3v) is 7.53. The van der Waals surface area contributed by atoms with Crippen molar-refractivity contribution in [3.8, 4) is 0 Å². The lowest BCUT2D eigenvalue weighted by Crippen LogP contribution is -2.48. The zero-order valence-corrected chi connectivity index (χ0v) is 15.1. The van der Waals surface area contributed by atoms with Crippen LogP contribution >= 0.6 is 0 Å². The Morgan fingerprint density at radius 3 is 2.62 bits per heavy atom. The van der Waals surface area contributed by atoms with Crippen molar-refractivity contribution in [1.29, 1.82) is 0 Å². The van der Waals surface area contributed by atoms with Gasteiger partial charge in [-0.3, -0.25) is 4.98 Å². The van der Waals surface area contributed by atoms with Gasteiger partial charge in [0.15, 0.2) is 0 Å². The lowest BCUT2D eigenvalue weighted by Gasteiger charge is -2.35. The maximum absolute atomic E-state index is 12.7. The summed E-state index contributed by atoms with van der Waals surface area (Å²) in [6.45, 7) is 5.23. The molecule has 1 aromatic rings. The number of rotatable bonds is 5. The minimum absolute atomic E-state index is 0.256. The van der Waals surface area contributed by atoms with Crippen LogP contribution in [0.15, 0.2) is 18.5 Å². The van der Waals surface area contributed by atoms with Crippen LogP contribution in [0.1, 0.15) is 36.8 Å². The van der Waals surface area contributed by atoms with E-state index in [-0.39, 0.29) is 5.25 Å². The second-order valence-electron chi connectivity index (χ2n) is 6.71. The predicted molar refractivity (Wildman–Crippen MR) is 93.2 cm³/mol. The smallest absolute Gasteiger partial charge is 0.217 e. The van der Waals surface area contributed by atoms with Crippen molar-refractivity contribution >= 4 is 10.0 Å². The molecule has 0 unspecified atom stereocenters. The van der Waals surface area contributed by atoms with Gasteiger partial charge in [0.1, 0.15) is 0 Å². The molecule has 7 heteroatoms. The van der Waals surface area contributed by atoms with E-state index in [1.807, 2.05) is 12.3 Å². The van der Waals surface area contributed by atoms with E-state index in [1.54, 1.807) is 10.5 Å². The number of pyridine rings is 1. The molecule has 0 bridgehead atoms. The number of aryl methyl sites for hydroxylation is 1. The lowest BCUT2D eigenvalue weighted by molar-refractivity contribution is 0.0968. The third-order valence-electron chi connectivity index (χ3n) is 5.13. The van der Waals surface area contributed by atoms with Gasteiger partial charge < -0.3 is 10.1 Å². The highest BCUT2D eigenvalue weighted by Gasteiger charge is 2.35. The van der Waals surface area contributed by atoms with Crippen molar-refractivity contribution in [2.45, 2.75) is 50.4 Å². The van der Waals surface area contributed by atoms with Gasteiger partial charge in [-0.25, -0.2) is 12.7 Å². The first-order chi connectivity index (χ1) is 11.6. The monoisotopic (exact) mass is 353 g/mol. The Hall–Kier alpha value is -1.02. The summed E-state index contributed by atoms with van der Waals surface area (Å²) in [6, 6.07) is 2.38. The molecule has 0 spiro atoms. The van der Waals surface area contributed by atoms with Crippen molar-refractivity contribution in [2.75, 3.05) is 26.3 Å². The summed E-state index contributed by atoms with van der Waals surface area (Å²) < 4.78 is 32.4. The molecule has 0 atom stereocenters. The maximum atomic E-state index is 12.7. The van der Waals surface area contributed by atoms with Crippen LogP contribution in [-0.2, 0) is 21.3 Å². The number of hydrogen-bond donors (Lipinski definition) is 1. The van der Waals surface area contributed by atoms with Crippen molar-refractivity contribution < 1.29 is 13.2 Å². The Balaban J connectivity index is 1.49. The van der Waals surface area contributed by atoms with Gasteiger partial charge in [-0.1, -0.05) is 0 Å². The van der Waals surface area contributed by atoms with Crippen LogP contribution in [-0.4, -0.2) is 55.3 Å². The molecule has 2 aliphatic rings. The highest BCUT2D eigenvalue weighted by molar-refractivity contribution is 7.89. The zero-order valence-electron chi connectivity index (χ0n) is 14.3. The standard InChI is InChI=1S/C17H27N3O3S/c1-14-2-7-18-12-15(14)13-19-16-3-8-20(9-4-16)24(21,22)17-5-10-23-11-6-17/h2,7,12,16-17,19H,3-6,8-11,13H2,1H3. The van der Waals surface area contributed by atoms with E-state index in [0.717, 1.165) is 19.4 Å². The Kier molecular flexibility index (Phi) is 5.86. The molecular formula is C17H27N3O3S. The summed E-state index contributed by atoms with van der Waals surface area (Å²) in [5.41, 5.74) is 2.44. The Bertz CT molecular complexity index is 636. The Labute approximate surface area is 144 Å². The fourth-order valence-corrected chi connectivity index (χ4v) is 5.36. The second-order valence-corrected chi connectivity index (χ2v) is 8.93. The van der Waals surface area contributed by atoms with Crippen LogP contribution in [0, 0.1) is 6.92 Å². The largest absolute Gasteiger partial charge is 0.381 e. The van der Waals surface area contributed by atoms with Crippen LogP contribution in [0.5, 0.6) is 0 Å². The van der Waals surface area contributed by atoms with Gasteiger partial charge in [-0.2, -0.15) is 0 Å². The number of nitrogens with one attached hydrogen (secondary N) is 1. The molecule has 24 heavy (non-hydrogen) atoms. The lowest BCUT2D eigenvalue weighted by atomic mass is 10.1. The Morgan fingerprint density at radius 2 is 1.96 bits per heavy atom. The number of nitrogens with zero attached hydrogens (tertiary/aromatic N) is 2. The zero-order chi connectivity index (χ0) is 17.0. The van der Waals surface area contributed by atoms with Gasteiger partial charge in [0, 0.05) is 51.3 Å². The second kappa shape index (κ2) is 7.91. The molecule has 2 fully saturated rings. The van der Waals surface area contributed by atoms with E-state index >= 15 is 0 Å². The van der Waals surface area contributed by atoms with Gasteiger partial charge >= 0.3 is 0 Å². The van der Waals surface area contributed by atoms with Gasteiger partial charge in [0.05, 0.1) is 5.25 Å². The van der Waals surface area contributed by atoms with E-state index in [0.29, 0.717) is 45.2 Å². The molecule has 0 amide bonds. The topological polar surface area (TPSA) is 71.5 Å². The highest BCUT2D eigenvalue weighted by atomic mass is 32.2. The van der Waals surface area contributed by atoms with Crippen LogP contribution in [0.25, 0.3) is 0 Å². The first kappa shape index (κ1) is 17.8. The normalized spacial score (nSPS) is 21.9. The van der Waals surface area contributed by atoms with E-state index in [9.17, 15) is 8.42 Å². The minimum atomic E-state index is -3.17. The molecular weight excluding hydrogens is 326 g/mol. The van der Waals surface area contributed by atoms with E-state index < -0.39 is 10.0 Å². The average molecular weight is 353 g/mol. The summed E-state index contributed by atoms with van der Waals surface area (Å²) in [5.74, 6) is 0. The van der Waals surface area contributed by atoms with Gasteiger partial charge in [0.2, 0.25) is 10.0 Å². The fraction of sp³-hybridized carbons (Fsp3) is 0.706. The van der Waals surface area contributed by atoms with E-state index in [4.69, 9.17) is 4.74 Å². The van der Waals surface area contributed by atoms with Crippen molar-refractivity contribution in [1.82, 2.24) is 14.6 Å². The molecule has 0 aliphatic carbocycles. The first-order valence-corrected chi connectivity index (χ1v) is 10.3. The van der Waals surface area contributed by atoms with Crippen LogP contribution in [0.2, 0.25) is 0 Å². The molecule has 134 valence electrons. The summed E-state index contributed by atoms with van der Waals surface area (Å²) in [7, 11) is -3.17. The summed E-state index contributed by atoms with van der Waals surface area (Å²) in [5, 5.41) is 3.29. The van der Waals surface area contributed by atoms with Crippen LogP contribution in [0.3, 0.4) is 0 Å². The number of ether oxygens (including phenoxy) is 1. The quantitative estimate of drug-likeness (QED) is 0.868. The first-order valence-electron chi connectivity index (χ1n) is 8.77. The predicted octanol–water partition coefficient (Wildman–Crippen LogP) is 1.45. The third kappa shape index (κ3) is 4.14. The van der Waals surface area contributed by atoms with Crippen molar-refractivity contribution in [3.63, 3.8) is 0 Å². The maximum Gasteiger partial charge on any atom is 0.217 e. The molecule has 0 aromatic carbocycles. The van der Waals surface area contributed by atoms with E-state index in [2.05, 4.69) is 17.2 Å². The molecule has 2 aliphatic heterocycles. The van der Waals surface area contributed by atoms with Crippen LogP contribution in [0.4, 0.5) is 0 Å². The highest BCUT2D eigenvalue weighted by Crippen LogP contribution is 2.23. The number of hydrogen-bond acceptors (Lipinski definition) is 5.